The van der Waals surface area contributed by atoms with E-state index >= 15 is 0 Å². The summed E-state index contributed by atoms with van der Waals surface area (Å²) >= 11 is 0. The standard InChI is InChI=1S/C23H30O5/c1-11(2)21(25)28-20-12(3)6-17-16(20)5-4-13-7-14-8-15-9-19(24)23(14,10-18(13)17)22(26)27-15/h4-5,11-18,20H,6-10H2,1-3H3/t12-,13+,14+,15+,16-,17-,18-,20-,23-/m1/s1/i1+1,2+1,3+1,4+1,5+1,6+1,7+1,8+1,9+1,10+1,11+1,12+1,13+1,14+1,15+1,16+1,17+1,18+1,19+1,20+1,21+1,22+1,23+1. The first kappa shape index (κ1) is 18.4. The van der Waals surface area contributed by atoms with E-state index in [1.54, 1.807) is 0 Å². The van der Waals surface area contributed by atoms with E-state index in [2.05, 4.69) is 19.1 Å². The largest absolute Gasteiger partial charge is 0.461 e. The van der Waals surface area contributed by atoms with Crippen molar-refractivity contribution in [1.29, 1.82) is 0 Å². The Balaban J connectivity index is 1.44. The topological polar surface area (TPSA) is 69.7 Å². The van der Waals surface area contributed by atoms with E-state index in [4.69, 9.17) is 9.47 Å². The third-order valence-corrected chi connectivity index (χ3v) is 8.39. The molecule has 2 bridgehead atoms. The van der Waals surface area contributed by atoms with Crippen molar-refractivity contribution >= 4 is 17.7 Å². The number of hydrogen-bond acceptors (Lipinski definition) is 5. The second-order valence-corrected chi connectivity index (χ2v) is 10.2. The number of ketones is 1. The van der Waals surface area contributed by atoms with Gasteiger partial charge < -0.3 is 9.47 Å². The van der Waals surface area contributed by atoms with Crippen LogP contribution in [0.4, 0.5) is 0 Å². The number of carbonyl (C=O) groups is 3. The minimum absolute atomic E-state index is 0.0999. The normalized spacial score (nSPS) is 48.7. The van der Waals surface area contributed by atoms with Crippen LogP contribution in [0.3, 0.4) is 0 Å². The summed E-state index contributed by atoms with van der Waals surface area (Å²) < 4.78 is 11.5. The van der Waals surface area contributed by atoms with Crippen LogP contribution < -0.4 is 0 Å². The lowest BCUT2D eigenvalue weighted by atomic mass is 10.5. The lowest BCUT2D eigenvalue weighted by molar-refractivity contribution is -0.202. The molecule has 4 aliphatic carbocycles. The smallest absolute Gasteiger partial charge is 0.320 e. The van der Waals surface area contributed by atoms with Gasteiger partial charge in [0.15, 0.2) is 5.78 Å². The molecule has 0 aromatic rings. The van der Waals surface area contributed by atoms with Crippen molar-refractivity contribution in [3.8, 4) is 0 Å². The van der Waals surface area contributed by atoms with E-state index in [1.165, 1.54) is 0 Å². The summed E-state index contributed by atoms with van der Waals surface area (Å²) in [4.78, 5) is 38.0. The molecular formula is C23H30O5. The Morgan fingerprint density at radius 1 is 1.18 bits per heavy atom. The zero-order chi connectivity index (χ0) is 19.8. The maximum absolute atomic E-state index is 12.9. The number of fused-ring (bicyclic) bond motifs is 5. The van der Waals surface area contributed by atoms with E-state index in [-0.39, 0.29) is 47.7 Å². The minimum Gasteiger partial charge on any atom is -0.461 e. The molecular weight excluding hydrogens is 379 g/mol. The molecule has 152 valence electrons. The molecule has 0 aromatic heterocycles. The summed E-state index contributed by atoms with van der Waals surface area (Å²) in [7, 11) is 0. The lowest BCUT2D eigenvalue weighted by Crippen LogP contribution is -2.62. The van der Waals surface area contributed by atoms with Crippen LogP contribution >= 0.6 is 0 Å². The van der Waals surface area contributed by atoms with Crippen LogP contribution in [-0.4, -0.2) is 29.9 Å². The number of Topliss-reactive ketones (excluding diaryl/α,β-unsaturated/α-hetero) is 1. The summed E-state index contributed by atoms with van der Waals surface area (Å²) in [5.74, 6) is 1.28. The van der Waals surface area contributed by atoms with Crippen molar-refractivity contribution in [2.24, 2.45) is 46.8 Å². The van der Waals surface area contributed by atoms with Crippen LogP contribution in [0.25, 0.3) is 0 Å². The van der Waals surface area contributed by atoms with Crippen molar-refractivity contribution < 1.29 is 23.9 Å². The van der Waals surface area contributed by atoms with Crippen molar-refractivity contribution in [3.05, 3.63) is 12.2 Å². The van der Waals surface area contributed by atoms with E-state index in [1.807, 2.05) is 13.8 Å². The highest BCUT2D eigenvalue weighted by molar-refractivity contribution is 6.07. The van der Waals surface area contributed by atoms with Crippen LogP contribution in [0, 0.1) is 46.8 Å². The second-order valence-electron chi connectivity index (χ2n) is 10.2. The van der Waals surface area contributed by atoms with Gasteiger partial charge in [0.2, 0.25) is 0 Å². The van der Waals surface area contributed by atoms with Crippen LogP contribution in [0.1, 0.15) is 52.9 Å². The molecule has 0 N–H and O–H groups in total. The Morgan fingerprint density at radius 3 is 2.68 bits per heavy atom. The Labute approximate surface area is 166 Å². The Morgan fingerprint density at radius 2 is 1.96 bits per heavy atom. The fourth-order valence-corrected chi connectivity index (χ4v) is 7.02. The Bertz CT molecular complexity index is 734. The molecule has 28 heavy (non-hydrogen) atoms. The summed E-state index contributed by atoms with van der Waals surface area (Å²) in [6.45, 7) is 5.89. The van der Waals surface area contributed by atoms with Crippen molar-refractivity contribution in [2.75, 3.05) is 0 Å². The first-order valence-corrected chi connectivity index (χ1v) is 10.9. The maximum Gasteiger partial charge on any atom is 0.320 e. The molecule has 0 radical (unpaired) electrons. The van der Waals surface area contributed by atoms with Gasteiger partial charge in [-0.3, -0.25) is 14.4 Å². The molecule has 0 unspecified atom stereocenters. The Hall–Kier alpha value is -1.65. The van der Waals surface area contributed by atoms with E-state index in [0.29, 0.717) is 36.5 Å². The lowest BCUT2D eigenvalue weighted by Gasteiger charge is -2.56. The van der Waals surface area contributed by atoms with E-state index < -0.39 is 5.41 Å². The molecule has 5 heteroatoms. The quantitative estimate of drug-likeness (QED) is 0.303. The zero-order valence-corrected chi connectivity index (χ0v) is 16.9. The maximum atomic E-state index is 12.9. The molecule has 5 fully saturated rings. The van der Waals surface area contributed by atoms with Gasteiger partial charge in [0, 0.05) is 12.3 Å². The van der Waals surface area contributed by atoms with Crippen molar-refractivity contribution in [2.45, 2.75) is 65.1 Å². The number of rotatable bonds is 2. The summed E-state index contributed by atoms with van der Waals surface area (Å²) in [5.41, 5.74) is -0.901. The number of hydrogen-bond donors (Lipinski definition) is 0. The van der Waals surface area contributed by atoms with Gasteiger partial charge in [-0.1, -0.05) is 32.9 Å². The highest BCUT2D eigenvalue weighted by Crippen LogP contribution is 2.61. The number of esters is 2. The Kier molecular flexibility index (Phi) is 4.05. The first-order chi connectivity index (χ1) is 13.3. The van der Waals surface area contributed by atoms with Gasteiger partial charge in [-0.05, 0) is 55.3 Å². The van der Waals surface area contributed by atoms with Crippen LogP contribution in [0.2, 0.25) is 0 Å². The third kappa shape index (κ3) is 2.40. The third-order valence-electron chi connectivity index (χ3n) is 8.39. The van der Waals surface area contributed by atoms with Gasteiger partial charge in [-0.15, -0.1) is 0 Å². The van der Waals surface area contributed by atoms with Gasteiger partial charge in [-0.25, -0.2) is 0 Å². The molecule has 1 spiro atoms. The number of ether oxygens (including phenoxy) is 2. The van der Waals surface area contributed by atoms with E-state index in [9.17, 15) is 14.4 Å². The predicted octanol–water partition coefficient (Wildman–Crippen LogP) is 3.31. The van der Waals surface area contributed by atoms with Crippen LogP contribution in [0.15, 0.2) is 12.2 Å². The average Bonchev–Trinajstić information content (AvgIpc) is 2.95. The van der Waals surface area contributed by atoms with Crippen molar-refractivity contribution in [1.82, 2.24) is 0 Å². The summed E-state index contributed by atoms with van der Waals surface area (Å²) in [5, 5.41) is 0. The van der Waals surface area contributed by atoms with Gasteiger partial charge >= 0.3 is 11.9 Å². The monoisotopic (exact) mass is 409 g/mol. The van der Waals surface area contributed by atoms with Crippen LogP contribution in [0.5, 0.6) is 0 Å². The molecule has 9 atom stereocenters. The molecule has 0 amide bonds. The zero-order valence-electron chi connectivity index (χ0n) is 16.9. The predicted molar refractivity (Wildman–Crippen MR) is 101 cm³/mol. The summed E-state index contributed by atoms with van der Waals surface area (Å²) in [6, 6.07) is 0. The highest BCUT2D eigenvalue weighted by Gasteiger charge is 2.66. The fraction of sp³-hybridized carbons (Fsp3) is 0.783. The first-order valence-electron chi connectivity index (χ1n) is 10.9. The molecule has 6 rings (SSSR count). The molecule has 2 aliphatic heterocycles. The van der Waals surface area contributed by atoms with E-state index in [0.717, 1.165) is 19.3 Å². The van der Waals surface area contributed by atoms with Crippen molar-refractivity contribution in [3.63, 3.8) is 0 Å². The van der Waals surface area contributed by atoms with Gasteiger partial charge in [-0.2, -0.15) is 0 Å². The number of carbonyl (C=O) groups excluding carboxylic acids is 3. The average molecular weight is 409 g/mol. The minimum atomic E-state index is -0.901. The molecule has 2 saturated heterocycles. The van der Waals surface area contributed by atoms with Gasteiger partial charge in [0.1, 0.15) is 17.6 Å². The fourth-order valence-electron chi connectivity index (χ4n) is 7.02. The molecule has 5 nitrogen and oxygen atoms in total. The molecule has 0 aromatic carbocycles. The summed E-state index contributed by atoms with van der Waals surface area (Å²) in [6.07, 6.45) is 8.02. The van der Waals surface area contributed by atoms with Crippen LogP contribution in [-0.2, 0) is 23.9 Å². The highest BCUT2D eigenvalue weighted by atomic mass is 16.7. The molecule has 6 aliphatic rings. The molecule has 3 saturated carbocycles. The molecule has 2 heterocycles. The number of allylic oxidation sites excluding steroid dienone is 1. The van der Waals surface area contributed by atoms with Gasteiger partial charge in [0.25, 0.3) is 0 Å². The second kappa shape index (κ2) is 6.17. The van der Waals surface area contributed by atoms with Gasteiger partial charge in [0.05, 0.1) is 5.92 Å². The SMILES string of the molecule is [13CH3][13CH]([13CH3])[13C](=O)O[13C@H]1[13C@@H]2[13CH]=[13CH][13C@H]3[13CH2][13C@H]4[13CH2][13C@H]5[13CH2][13C](=O)[13C@]4([13CH2][13C@H]3[13C@@H]2[13CH2][13C@H]1[13CH3])[13C](=O)O5.